The molecule has 82 valence electrons. The highest BCUT2D eigenvalue weighted by Crippen LogP contribution is 2.52. The molecule has 1 fully saturated rings. The third kappa shape index (κ3) is 1.06. The van der Waals surface area contributed by atoms with Gasteiger partial charge in [-0.15, -0.1) is 0 Å². The molecule has 2 heterocycles. The fourth-order valence-corrected chi connectivity index (χ4v) is 2.96. The van der Waals surface area contributed by atoms with Gasteiger partial charge in [-0.1, -0.05) is 36.4 Å². The predicted octanol–water partition coefficient (Wildman–Crippen LogP) is 3.11. The van der Waals surface area contributed by atoms with Crippen LogP contribution in [0.25, 0.3) is 0 Å². The van der Waals surface area contributed by atoms with Crippen molar-refractivity contribution >= 4 is 6.09 Å². The summed E-state index contributed by atoms with van der Waals surface area (Å²) in [6, 6.07) is 7.91. The van der Waals surface area contributed by atoms with Gasteiger partial charge in [0.1, 0.15) is 0 Å². The van der Waals surface area contributed by atoms with E-state index >= 15 is 0 Å². The molecule has 16 heavy (non-hydrogen) atoms. The minimum absolute atomic E-state index is 0.0317. The molecule has 2 aliphatic heterocycles. The van der Waals surface area contributed by atoms with Crippen LogP contribution >= 0.6 is 0 Å². The van der Waals surface area contributed by atoms with E-state index < -0.39 is 6.09 Å². The van der Waals surface area contributed by atoms with Crippen LogP contribution in [-0.4, -0.2) is 16.1 Å². The van der Waals surface area contributed by atoms with E-state index in [0.717, 1.165) is 29.5 Å². The highest BCUT2D eigenvalue weighted by Gasteiger charge is 2.45. The van der Waals surface area contributed by atoms with Crippen LogP contribution in [-0.2, 0) is 0 Å². The maximum atomic E-state index is 11.3. The lowest BCUT2D eigenvalue weighted by molar-refractivity contribution is 0.104. The predicted molar refractivity (Wildman–Crippen MR) is 60.2 cm³/mol. The van der Waals surface area contributed by atoms with E-state index in [2.05, 4.69) is 6.58 Å². The maximum absolute atomic E-state index is 11.3. The molecule has 1 aromatic carbocycles. The van der Waals surface area contributed by atoms with Crippen molar-refractivity contribution in [3.63, 3.8) is 0 Å². The molecule has 3 rings (SSSR count). The van der Waals surface area contributed by atoms with E-state index in [1.807, 2.05) is 24.3 Å². The van der Waals surface area contributed by atoms with Crippen LogP contribution in [0.15, 0.2) is 36.4 Å². The number of carboxylic acid groups (broad SMARTS) is 1. The quantitative estimate of drug-likeness (QED) is 0.675. The van der Waals surface area contributed by atoms with Crippen molar-refractivity contribution in [2.75, 3.05) is 0 Å². The van der Waals surface area contributed by atoms with Crippen molar-refractivity contribution in [3.05, 3.63) is 47.5 Å². The van der Waals surface area contributed by atoms with Crippen molar-refractivity contribution in [1.29, 1.82) is 0 Å². The molecule has 1 amide bonds. The highest BCUT2D eigenvalue weighted by molar-refractivity contribution is 5.70. The van der Waals surface area contributed by atoms with Crippen LogP contribution < -0.4 is 0 Å². The second-order valence-electron chi connectivity index (χ2n) is 4.43. The van der Waals surface area contributed by atoms with Gasteiger partial charge in [0.05, 0.1) is 12.1 Å². The molecular weight excluding hydrogens is 202 g/mol. The zero-order valence-electron chi connectivity index (χ0n) is 8.89. The number of carbonyl (C=O) groups is 1. The topological polar surface area (TPSA) is 40.5 Å². The lowest BCUT2D eigenvalue weighted by Crippen LogP contribution is -2.35. The lowest BCUT2D eigenvalue weighted by atomic mass is 9.96. The molecule has 2 aliphatic rings. The van der Waals surface area contributed by atoms with Gasteiger partial charge in [0.25, 0.3) is 0 Å². The first-order valence-electron chi connectivity index (χ1n) is 5.48. The monoisotopic (exact) mass is 215 g/mol. The molecule has 1 aromatic rings. The average Bonchev–Trinajstić information content (AvgIpc) is 2.54. The summed E-state index contributed by atoms with van der Waals surface area (Å²) in [5, 5.41) is 9.29. The van der Waals surface area contributed by atoms with Crippen molar-refractivity contribution in [2.45, 2.75) is 24.9 Å². The number of amides is 1. The van der Waals surface area contributed by atoms with E-state index in [1.54, 1.807) is 4.90 Å². The van der Waals surface area contributed by atoms with Crippen molar-refractivity contribution in [1.82, 2.24) is 4.90 Å². The van der Waals surface area contributed by atoms with Crippen LogP contribution in [0.4, 0.5) is 4.79 Å². The SMILES string of the molecule is C=C1CCC2c3ccccc3C1N2C(=O)O. The first-order valence-corrected chi connectivity index (χ1v) is 5.48. The molecule has 0 saturated carbocycles. The first kappa shape index (κ1) is 9.46. The van der Waals surface area contributed by atoms with Crippen molar-refractivity contribution < 1.29 is 9.90 Å². The summed E-state index contributed by atoms with van der Waals surface area (Å²) in [4.78, 5) is 12.9. The van der Waals surface area contributed by atoms with Crippen molar-refractivity contribution in [2.24, 2.45) is 0 Å². The summed E-state index contributed by atoms with van der Waals surface area (Å²) in [6.45, 7) is 4.02. The first-order chi connectivity index (χ1) is 7.70. The van der Waals surface area contributed by atoms with Gasteiger partial charge in [-0.3, -0.25) is 4.90 Å². The Morgan fingerprint density at radius 2 is 2.06 bits per heavy atom. The Kier molecular flexibility index (Phi) is 1.84. The van der Waals surface area contributed by atoms with Crippen LogP contribution in [0.3, 0.4) is 0 Å². The van der Waals surface area contributed by atoms with Gasteiger partial charge in [0.2, 0.25) is 0 Å². The Hall–Kier alpha value is -1.77. The molecule has 2 atom stereocenters. The lowest BCUT2D eigenvalue weighted by Gasteiger charge is -2.34. The molecule has 2 unspecified atom stereocenters. The summed E-state index contributed by atoms with van der Waals surface area (Å²) < 4.78 is 0. The van der Waals surface area contributed by atoms with Crippen LogP contribution in [0, 0.1) is 0 Å². The average molecular weight is 215 g/mol. The number of nitrogens with zero attached hydrogens (tertiary/aromatic N) is 1. The van der Waals surface area contributed by atoms with Crippen LogP contribution in [0.5, 0.6) is 0 Å². The molecule has 0 spiro atoms. The van der Waals surface area contributed by atoms with Gasteiger partial charge in [0, 0.05) is 0 Å². The number of hydrogen-bond donors (Lipinski definition) is 1. The Morgan fingerprint density at radius 1 is 1.38 bits per heavy atom. The van der Waals surface area contributed by atoms with Gasteiger partial charge in [-0.2, -0.15) is 0 Å². The number of benzene rings is 1. The summed E-state index contributed by atoms with van der Waals surface area (Å²) in [5.74, 6) is 0. The molecule has 1 N–H and O–H groups in total. The molecule has 1 saturated heterocycles. The second kappa shape index (κ2) is 3.11. The second-order valence-corrected chi connectivity index (χ2v) is 4.43. The van der Waals surface area contributed by atoms with E-state index in [-0.39, 0.29) is 12.1 Å². The highest BCUT2D eigenvalue weighted by atomic mass is 16.4. The van der Waals surface area contributed by atoms with Gasteiger partial charge in [0.15, 0.2) is 0 Å². The fraction of sp³-hybridized carbons (Fsp3) is 0.308. The smallest absolute Gasteiger partial charge is 0.408 e. The molecule has 0 aromatic heterocycles. The number of fused-ring (bicyclic) bond motifs is 5. The standard InChI is InChI=1S/C13H13NO2/c1-8-6-7-11-9-4-2-3-5-10(9)12(8)14(11)13(15)16/h2-5,11-12H,1,6-7H2,(H,15,16). The van der Waals surface area contributed by atoms with Crippen molar-refractivity contribution in [3.8, 4) is 0 Å². The minimum atomic E-state index is -0.841. The van der Waals surface area contributed by atoms with Gasteiger partial charge >= 0.3 is 6.09 Å². The summed E-state index contributed by atoms with van der Waals surface area (Å²) in [5.41, 5.74) is 3.30. The van der Waals surface area contributed by atoms with Gasteiger partial charge in [-0.25, -0.2) is 4.79 Å². The van der Waals surface area contributed by atoms with Gasteiger partial charge in [-0.05, 0) is 24.0 Å². The molecule has 3 nitrogen and oxygen atoms in total. The number of hydrogen-bond acceptors (Lipinski definition) is 1. The van der Waals surface area contributed by atoms with E-state index in [9.17, 15) is 9.90 Å². The molecule has 0 radical (unpaired) electrons. The third-order valence-corrected chi connectivity index (χ3v) is 3.61. The number of piperidine rings is 1. The Bertz CT molecular complexity index is 481. The summed E-state index contributed by atoms with van der Waals surface area (Å²) >= 11 is 0. The Morgan fingerprint density at radius 3 is 2.75 bits per heavy atom. The molecule has 0 aliphatic carbocycles. The summed E-state index contributed by atoms with van der Waals surface area (Å²) in [7, 11) is 0. The van der Waals surface area contributed by atoms with Crippen LogP contribution in [0.1, 0.15) is 36.1 Å². The Labute approximate surface area is 94.0 Å². The zero-order chi connectivity index (χ0) is 11.3. The number of rotatable bonds is 0. The van der Waals surface area contributed by atoms with E-state index in [0.29, 0.717) is 0 Å². The summed E-state index contributed by atoms with van der Waals surface area (Å²) in [6.07, 6.45) is 0.943. The maximum Gasteiger partial charge on any atom is 0.408 e. The third-order valence-electron chi connectivity index (χ3n) is 3.61. The fourth-order valence-electron chi connectivity index (χ4n) is 2.96. The normalized spacial score (nSPS) is 26.8. The largest absolute Gasteiger partial charge is 0.465 e. The Balaban J connectivity index is 2.19. The minimum Gasteiger partial charge on any atom is -0.465 e. The van der Waals surface area contributed by atoms with E-state index in [1.165, 1.54) is 0 Å². The molecule has 2 bridgehead atoms. The zero-order valence-corrected chi connectivity index (χ0v) is 8.89. The van der Waals surface area contributed by atoms with Crippen LogP contribution in [0.2, 0.25) is 0 Å². The molecular formula is C13H13NO2. The van der Waals surface area contributed by atoms with E-state index in [4.69, 9.17) is 0 Å². The van der Waals surface area contributed by atoms with Gasteiger partial charge < -0.3 is 5.11 Å². The molecule has 3 heteroatoms.